The second-order valence-electron chi connectivity index (χ2n) is 8.14. The molecular formula is C24H18N3O4PbS. The van der Waals surface area contributed by atoms with Gasteiger partial charge >= 0.3 is 202 Å². The number of thiophene rings is 1. The SMILES string of the molecule is COc1ccc(-c2nc3sc4c(O)[c]([Pb])ccc4c3c(=O)n2Cc2cnco2)c(C2CC2)c1. The Bertz CT molecular complexity index is 1590. The fourth-order valence-corrected chi connectivity index (χ4v) is 6.51. The van der Waals surface area contributed by atoms with Gasteiger partial charge in [0.05, 0.1) is 7.11 Å². The van der Waals surface area contributed by atoms with E-state index in [0.29, 0.717) is 32.4 Å². The van der Waals surface area contributed by atoms with Crippen LogP contribution in [0.4, 0.5) is 0 Å². The van der Waals surface area contributed by atoms with Crippen molar-refractivity contribution >= 4 is 60.5 Å². The van der Waals surface area contributed by atoms with Gasteiger partial charge in [-0.05, 0) is 0 Å². The Balaban J connectivity index is 1.68. The molecule has 1 aliphatic rings. The Morgan fingerprint density at radius 3 is 2.88 bits per heavy atom. The van der Waals surface area contributed by atoms with Crippen LogP contribution in [-0.4, -0.2) is 52.5 Å². The van der Waals surface area contributed by atoms with E-state index in [1.165, 1.54) is 17.7 Å². The second-order valence-corrected chi connectivity index (χ2v) is 11.2. The molecule has 0 unspecified atom stereocenters. The molecule has 3 radical (unpaired) electrons. The molecule has 7 nitrogen and oxygen atoms in total. The van der Waals surface area contributed by atoms with E-state index in [2.05, 4.69) is 4.98 Å². The van der Waals surface area contributed by atoms with E-state index in [1.54, 1.807) is 17.9 Å². The van der Waals surface area contributed by atoms with Gasteiger partial charge in [-0.1, -0.05) is 0 Å². The minimum atomic E-state index is -0.157. The first kappa shape index (κ1) is 20.8. The van der Waals surface area contributed by atoms with E-state index < -0.39 is 0 Å². The van der Waals surface area contributed by atoms with Gasteiger partial charge in [-0.25, -0.2) is 0 Å². The number of aromatic nitrogens is 3. The molecule has 1 saturated carbocycles. The minimum absolute atomic E-state index is 0.157. The summed E-state index contributed by atoms with van der Waals surface area (Å²) in [6, 6.07) is 9.74. The average Bonchev–Trinajstić information content (AvgIpc) is 3.41. The van der Waals surface area contributed by atoms with Crippen molar-refractivity contribution in [2.24, 2.45) is 0 Å². The molecule has 0 amide bonds. The van der Waals surface area contributed by atoms with Gasteiger partial charge in [0.1, 0.15) is 0 Å². The molecule has 1 fully saturated rings. The summed E-state index contributed by atoms with van der Waals surface area (Å²) in [6.45, 7) is 0.218. The fraction of sp³-hybridized carbons (Fsp3) is 0.208. The molecule has 1 N–H and O–H groups in total. The summed E-state index contributed by atoms with van der Waals surface area (Å²) < 4.78 is 14.2. The van der Waals surface area contributed by atoms with Crippen molar-refractivity contribution in [3.8, 4) is 22.9 Å². The first-order valence-corrected chi connectivity index (χ1v) is 13.3. The first-order chi connectivity index (χ1) is 16.0. The number of methoxy groups -OCH3 is 1. The number of hydrogen-bond acceptors (Lipinski definition) is 7. The molecule has 0 bridgehead atoms. The molecule has 0 spiro atoms. The van der Waals surface area contributed by atoms with Crippen molar-refractivity contribution in [2.75, 3.05) is 7.11 Å². The molecule has 6 rings (SSSR count). The van der Waals surface area contributed by atoms with Gasteiger partial charge < -0.3 is 0 Å². The Kier molecular flexibility index (Phi) is 5.02. The van der Waals surface area contributed by atoms with E-state index in [-0.39, 0.29) is 17.9 Å². The van der Waals surface area contributed by atoms with Gasteiger partial charge in [-0.2, -0.15) is 0 Å². The summed E-state index contributed by atoms with van der Waals surface area (Å²) in [6.07, 6.45) is 5.19. The third-order valence-corrected chi connectivity index (χ3v) is 8.72. The van der Waals surface area contributed by atoms with Crippen molar-refractivity contribution in [1.82, 2.24) is 14.5 Å². The number of fused-ring (bicyclic) bond motifs is 3. The van der Waals surface area contributed by atoms with Crippen LogP contribution in [0.15, 0.2) is 52.1 Å². The van der Waals surface area contributed by atoms with Gasteiger partial charge in [-0.3, -0.25) is 0 Å². The van der Waals surface area contributed by atoms with Gasteiger partial charge in [0.15, 0.2) is 0 Å². The molecule has 0 saturated heterocycles. The van der Waals surface area contributed by atoms with E-state index in [9.17, 15) is 9.90 Å². The van der Waals surface area contributed by atoms with E-state index in [0.717, 1.165) is 64.0 Å². The van der Waals surface area contributed by atoms with Crippen molar-refractivity contribution in [1.29, 1.82) is 0 Å². The summed E-state index contributed by atoms with van der Waals surface area (Å²) in [7, 11) is 1.66. The molecule has 1 aliphatic carbocycles. The third-order valence-electron chi connectivity index (χ3n) is 6.05. The number of hydrogen-bond donors (Lipinski definition) is 1. The standard InChI is InChI=1S/C24H18N3O4S.Pb/c1-30-14-7-8-16(18(9-14)13-5-6-13)22-26-23-20(17-3-2-4-19(28)21(17)32-23)24(29)27(22)11-15-10-25-12-31-15;/h2-3,7-10,12-13,28H,5-6,11H2,1H3;. The van der Waals surface area contributed by atoms with Gasteiger partial charge in [0, 0.05) is 0 Å². The molecule has 3 aromatic heterocycles. The molecule has 0 atom stereocenters. The van der Waals surface area contributed by atoms with E-state index in [4.69, 9.17) is 14.1 Å². The fourth-order valence-electron chi connectivity index (χ4n) is 4.24. The van der Waals surface area contributed by atoms with Crippen LogP contribution in [0.2, 0.25) is 0 Å². The molecule has 33 heavy (non-hydrogen) atoms. The van der Waals surface area contributed by atoms with Crippen molar-refractivity contribution < 1.29 is 14.3 Å². The van der Waals surface area contributed by atoms with Crippen LogP contribution in [-0.2, 0) is 6.54 Å². The normalized spacial score (nSPS) is 13.8. The van der Waals surface area contributed by atoms with E-state index in [1.807, 2.05) is 30.3 Å². The maximum absolute atomic E-state index is 13.9. The zero-order valence-corrected chi connectivity index (χ0v) is 22.4. The summed E-state index contributed by atoms with van der Waals surface area (Å²) in [5, 5.41) is 11.9. The van der Waals surface area contributed by atoms with Crippen LogP contribution in [0.3, 0.4) is 0 Å². The zero-order chi connectivity index (χ0) is 22.7. The number of aromatic hydroxyl groups is 1. The zero-order valence-electron chi connectivity index (χ0n) is 17.7. The van der Waals surface area contributed by atoms with E-state index >= 15 is 0 Å². The predicted octanol–water partition coefficient (Wildman–Crippen LogP) is 3.70. The van der Waals surface area contributed by atoms with Gasteiger partial charge in [0.2, 0.25) is 0 Å². The topological polar surface area (TPSA) is 90.4 Å². The predicted molar refractivity (Wildman–Crippen MR) is 128 cm³/mol. The summed E-state index contributed by atoms with van der Waals surface area (Å²) >= 11 is 2.09. The quantitative estimate of drug-likeness (QED) is 0.292. The monoisotopic (exact) mass is 652 g/mol. The van der Waals surface area contributed by atoms with Crippen LogP contribution in [0, 0.1) is 0 Å². The van der Waals surface area contributed by atoms with Crippen LogP contribution >= 0.6 is 11.3 Å². The van der Waals surface area contributed by atoms with Crippen molar-refractivity contribution in [3.63, 3.8) is 0 Å². The van der Waals surface area contributed by atoms with Crippen LogP contribution in [0.1, 0.15) is 30.1 Å². The van der Waals surface area contributed by atoms with Crippen LogP contribution in [0.5, 0.6) is 11.5 Å². The number of phenols is 1. The van der Waals surface area contributed by atoms with Crippen LogP contribution < -0.4 is 13.4 Å². The molecule has 163 valence electrons. The van der Waals surface area contributed by atoms with Crippen LogP contribution in [0.25, 0.3) is 31.7 Å². The summed E-state index contributed by atoms with van der Waals surface area (Å²) in [5.41, 5.74) is 1.90. The summed E-state index contributed by atoms with van der Waals surface area (Å²) in [4.78, 5) is 23.5. The Morgan fingerprint density at radius 2 is 2.15 bits per heavy atom. The number of nitrogens with zero attached hydrogens (tertiary/aromatic N) is 3. The van der Waals surface area contributed by atoms with Crippen molar-refractivity contribution in [3.05, 3.63) is 64.6 Å². The van der Waals surface area contributed by atoms with Gasteiger partial charge in [-0.15, -0.1) is 0 Å². The maximum atomic E-state index is 13.9. The molecule has 0 aliphatic heterocycles. The molecular weight excluding hydrogens is 634 g/mol. The Morgan fingerprint density at radius 1 is 1.30 bits per heavy atom. The Labute approximate surface area is 208 Å². The Hall–Kier alpha value is -2.73. The summed E-state index contributed by atoms with van der Waals surface area (Å²) in [5.74, 6) is 2.64. The van der Waals surface area contributed by atoms with Crippen molar-refractivity contribution in [2.45, 2.75) is 25.3 Å². The molecule has 5 aromatic rings. The number of rotatable bonds is 5. The molecule has 2 aromatic carbocycles. The number of phenolic OH excluding ortho intramolecular Hbond substituents is 1. The molecule has 9 heteroatoms. The number of oxazole rings is 1. The third kappa shape index (κ3) is 3.46. The number of benzene rings is 2. The number of ether oxygens (including phenoxy) is 1. The first-order valence-electron chi connectivity index (χ1n) is 10.5. The van der Waals surface area contributed by atoms with Gasteiger partial charge in [0.25, 0.3) is 0 Å². The molecule has 3 heterocycles. The average molecular weight is 652 g/mol. The second kappa shape index (κ2) is 7.94.